The van der Waals surface area contributed by atoms with E-state index in [1.54, 1.807) is 10.8 Å². The molecule has 0 spiro atoms. The SMILES string of the molecule is CCOC(=O)C(=O)NS(=O)(=O)c1ccccc1. The maximum absolute atomic E-state index is 11.6. The average molecular weight is 257 g/mol. The van der Waals surface area contributed by atoms with Crippen molar-refractivity contribution < 1.29 is 22.7 Å². The van der Waals surface area contributed by atoms with Gasteiger partial charge in [0.1, 0.15) is 0 Å². The highest BCUT2D eigenvalue weighted by atomic mass is 32.2. The Bertz CT molecular complexity index is 509. The summed E-state index contributed by atoms with van der Waals surface area (Å²) in [4.78, 5) is 22.0. The lowest BCUT2D eigenvalue weighted by atomic mass is 10.4. The first-order valence-corrected chi connectivity index (χ1v) is 6.24. The zero-order chi connectivity index (χ0) is 12.9. The molecule has 1 aromatic carbocycles. The van der Waals surface area contributed by atoms with E-state index in [1.165, 1.54) is 31.2 Å². The van der Waals surface area contributed by atoms with E-state index >= 15 is 0 Å². The first kappa shape index (κ1) is 13.2. The fraction of sp³-hybridized carbons (Fsp3) is 0.200. The van der Waals surface area contributed by atoms with Crippen LogP contribution in [0.15, 0.2) is 35.2 Å². The minimum Gasteiger partial charge on any atom is -0.459 e. The number of benzene rings is 1. The van der Waals surface area contributed by atoms with E-state index in [2.05, 4.69) is 4.74 Å². The Morgan fingerprint density at radius 3 is 2.35 bits per heavy atom. The average Bonchev–Trinajstić information content (AvgIpc) is 2.30. The Morgan fingerprint density at radius 2 is 1.82 bits per heavy atom. The van der Waals surface area contributed by atoms with Gasteiger partial charge in [0, 0.05) is 0 Å². The summed E-state index contributed by atoms with van der Waals surface area (Å²) < 4.78 is 29.2. The number of carbonyl (C=O) groups is 2. The largest absolute Gasteiger partial charge is 0.459 e. The molecule has 1 N–H and O–H groups in total. The molecule has 1 amide bonds. The number of nitrogens with one attached hydrogen (secondary N) is 1. The smallest absolute Gasteiger partial charge is 0.397 e. The second kappa shape index (κ2) is 5.44. The zero-order valence-corrected chi connectivity index (χ0v) is 9.86. The number of carbonyl (C=O) groups excluding carboxylic acids is 2. The van der Waals surface area contributed by atoms with E-state index < -0.39 is 21.9 Å². The first-order valence-electron chi connectivity index (χ1n) is 4.76. The van der Waals surface area contributed by atoms with Crippen LogP contribution in [0.1, 0.15) is 6.92 Å². The fourth-order valence-electron chi connectivity index (χ4n) is 1.02. The summed E-state index contributed by atoms with van der Waals surface area (Å²) in [5.41, 5.74) is 0. The monoisotopic (exact) mass is 257 g/mol. The maximum Gasteiger partial charge on any atom is 0.397 e. The van der Waals surface area contributed by atoms with Gasteiger partial charge in [0.15, 0.2) is 0 Å². The maximum atomic E-state index is 11.6. The van der Waals surface area contributed by atoms with Gasteiger partial charge in [-0.25, -0.2) is 17.9 Å². The topological polar surface area (TPSA) is 89.5 Å². The Kier molecular flexibility index (Phi) is 4.22. The Hall–Kier alpha value is -1.89. The van der Waals surface area contributed by atoms with Crippen LogP contribution in [0.4, 0.5) is 0 Å². The van der Waals surface area contributed by atoms with Gasteiger partial charge < -0.3 is 4.74 Å². The molecule has 0 bridgehead atoms. The summed E-state index contributed by atoms with van der Waals surface area (Å²) in [5.74, 6) is -2.54. The van der Waals surface area contributed by atoms with E-state index in [1.807, 2.05) is 0 Å². The number of rotatable bonds is 3. The van der Waals surface area contributed by atoms with Crippen molar-refractivity contribution in [3.63, 3.8) is 0 Å². The van der Waals surface area contributed by atoms with Crippen LogP contribution in [-0.2, 0) is 24.3 Å². The highest BCUT2D eigenvalue weighted by Crippen LogP contribution is 2.06. The predicted molar refractivity (Wildman–Crippen MR) is 58.4 cm³/mol. The molecule has 0 saturated carbocycles. The number of hydrogen-bond donors (Lipinski definition) is 1. The van der Waals surface area contributed by atoms with Gasteiger partial charge in [-0.1, -0.05) is 18.2 Å². The van der Waals surface area contributed by atoms with Crippen LogP contribution in [0.2, 0.25) is 0 Å². The Morgan fingerprint density at radius 1 is 1.24 bits per heavy atom. The molecule has 0 aliphatic heterocycles. The van der Waals surface area contributed by atoms with Gasteiger partial charge in [-0.3, -0.25) is 4.79 Å². The van der Waals surface area contributed by atoms with Gasteiger partial charge in [0.05, 0.1) is 11.5 Å². The molecule has 92 valence electrons. The third kappa shape index (κ3) is 3.56. The summed E-state index contributed by atoms with van der Waals surface area (Å²) in [6.07, 6.45) is 0. The third-order valence-corrected chi connectivity index (χ3v) is 3.09. The minimum atomic E-state index is -4.02. The number of amides is 1. The lowest BCUT2D eigenvalue weighted by molar-refractivity contribution is -0.153. The molecule has 0 aromatic heterocycles. The molecule has 1 rings (SSSR count). The van der Waals surface area contributed by atoms with Crippen LogP contribution >= 0.6 is 0 Å². The molecule has 0 unspecified atom stereocenters. The number of ether oxygens (including phenoxy) is 1. The first-order chi connectivity index (χ1) is 7.97. The van der Waals surface area contributed by atoms with Crippen molar-refractivity contribution in [1.82, 2.24) is 4.72 Å². The molecule has 0 saturated heterocycles. The highest BCUT2D eigenvalue weighted by molar-refractivity contribution is 7.90. The van der Waals surface area contributed by atoms with Crippen molar-refractivity contribution in [1.29, 1.82) is 0 Å². The molecule has 1 aromatic rings. The fourth-order valence-corrected chi connectivity index (χ4v) is 1.98. The van der Waals surface area contributed by atoms with E-state index in [9.17, 15) is 18.0 Å². The quantitative estimate of drug-likeness (QED) is 0.610. The second-order valence-electron chi connectivity index (χ2n) is 2.97. The van der Waals surface area contributed by atoms with Crippen LogP contribution in [0.25, 0.3) is 0 Å². The van der Waals surface area contributed by atoms with Crippen LogP contribution in [0.5, 0.6) is 0 Å². The van der Waals surface area contributed by atoms with E-state index in [0.29, 0.717) is 0 Å². The lowest BCUT2D eigenvalue weighted by Crippen LogP contribution is -2.37. The van der Waals surface area contributed by atoms with Gasteiger partial charge in [-0.15, -0.1) is 0 Å². The van der Waals surface area contributed by atoms with Crippen LogP contribution in [0, 0.1) is 0 Å². The van der Waals surface area contributed by atoms with Crippen LogP contribution in [-0.4, -0.2) is 26.9 Å². The van der Waals surface area contributed by atoms with Gasteiger partial charge >= 0.3 is 11.9 Å². The Labute approximate surface area is 98.6 Å². The summed E-state index contributed by atoms with van der Waals surface area (Å²) in [7, 11) is -4.02. The van der Waals surface area contributed by atoms with Crippen molar-refractivity contribution in [3.05, 3.63) is 30.3 Å². The molecule has 6 nitrogen and oxygen atoms in total. The number of esters is 1. The highest BCUT2D eigenvalue weighted by Gasteiger charge is 2.23. The summed E-state index contributed by atoms with van der Waals surface area (Å²) in [6.45, 7) is 1.51. The van der Waals surface area contributed by atoms with Crippen molar-refractivity contribution in [2.45, 2.75) is 11.8 Å². The number of hydrogen-bond acceptors (Lipinski definition) is 5. The van der Waals surface area contributed by atoms with Crippen molar-refractivity contribution in [2.24, 2.45) is 0 Å². The molecule has 17 heavy (non-hydrogen) atoms. The van der Waals surface area contributed by atoms with Crippen LogP contribution < -0.4 is 4.72 Å². The molecular weight excluding hydrogens is 246 g/mol. The van der Waals surface area contributed by atoms with Gasteiger partial charge in [0.2, 0.25) is 0 Å². The third-order valence-electron chi connectivity index (χ3n) is 1.74. The van der Waals surface area contributed by atoms with Crippen molar-refractivity contribution in [2.75, 3.05) is 6.61 Å². The predicted octanol–water partition coefficient (Wildman–Crippen LogP) is 0.0546. The molecule has 0 aliphatic carbocycles. The van der Waals surface area contributed by atoms with E-state index in [0.717, 1.165) is 0 Å². The Balaban J connectivity index is 2.82. The molecule has 0 heterocycles. The van der Waals surface area contributed by atoms with Gasteiger partial charge in [-0.2, -0.15) is 0 Å². The number of sulfonamides is 1. The van der Waals surface area contributed by atoms with Crippen molar-refractivity contribution in [3.8, 4) is 0 Å². The second-order valence-corrected chi connectivity index (χ2v) is 4.65. The molecular formula is C10H11NO5S. The van der Waals surface area contributed by atoms with E-state index in [4.69, 9.17) is 0 Å². The van der Waals surface area contributed by atoms with Gasteiger partial charge in [0.25, 0.3) is 10.0 Å². The minimum absolute atomic E-state index is 0.00234. The normalized spacial score (nSPS) is 10.6. The van der Waals surface area contributed by atoms with E-state index in [-0.39, 0.29) is 11.5 Å². The van der Waals surface area contributed by atoms with Crippen molar-refractivity contribution >= 4 is 21.9 Å². The standard InChI is InChI=1S/C10H11NO5S/c1-2-16-10(13)9(12)11-17(14,15)8-6-4-3-5-7-8/h3-7H,2H2,1H3,(H,11,12). The van der Waals surface area contributed by atoms with Crippen LogP contribution in [0.3, 0.4) is 0 Å². The summed E-state index contributed by atoms with van der Waals surface area (Å²) in [5, 5.41) is 0. The summed E-state index contributed by atoms with van der Waals surface area (Å²) in [6, 6.07) is 7.25. The molecule has 7 heteroatoms. The van der Waals surface area contributed by atoms with Gasteiger partial charge in [-0.05, 0) is 19.1 Å². The molecule has 0 atom stereocenters. The molecule has 0 aliphatic rings. The molecule has 0 fully saturated rings. The lowest BCUT2D eigenvalue weighted by Gasteiger charge is -2.05. The summed E-state index contributed by atoms with van der Waals surface area (Å²) >= 11 is 0. The molecule has 0 radical (unpaired) electrons. The zero-order valence-electron chi connectivity index (χ0n) is 9.04.